The van der Waals surface area contributed by atoms with E-state index in [0.717, 1.165) is 6.07 Å². The van der Waals surface area contributed by atoms with Crippen molar-refractivity contribution >= 4 is 27.5 Å². The molecule has 0 atom stereocenters. The summed E-state index contributed by atoms with van der Waals surface area (Å²) in [7, 11) is 0. The average molecular weight is 489 g/mol. The molecular formula is C20H12BrF3N6O. The van der Waals surface area contributed by atoms with Crippen LogP contribution in [-0.2, 0) is 6.18 Å². The van der Waals surface area contributed by atoms with Gasteiger partial charge < -0.3 is 5.32 Å². The fraction of sp³-hybridized carbons (Fsp3) is 0.0500. The predicted molar refractivity (Wildman–Crippen MR) is 109 cm³/mol. The van der Waals surface area contributed by atoms with Gasteiger partial charge in [-0.05, 0) is 52.3 Å². The van der Waals surface area contributed by atoms with E-state index in [9.17, 15) is 18.0 Å². The van der Waals surface area contributed by atoms with Crippen LogP contribution in [0.3, 0.4) is 0 Å². The van der Waals surface area contributed by atoms with E-state index in [0.29, 0.717) is 26.0 Å². The number of anilines is 1. The third-order valence-corrected chi connectivity index (χ3v) is 4.58. The van der Waals surface area contributed by atoms with Crippen LogP contribution in [0, 0.1) is 0 Å². The molecule has 0 spiro atoms. The minimum Gasteiger partial charge on any atom is -0.321 e. The van der Waals surface area contributed by atoms with Crippen molar-refractivity contribution in [3.63, 3.8) is 0 Å². The molecule has 31 heavy (non-hydrogen) atoms. The van der Waals surface area contributed by atoms with E-state index in [4.69, 9.17) is 0 Å². The van der Waals surface area contributed by atoms with Gasteiger partial charge in [-0.25, -0.2) is 9.67 Å². The van der Waals surface area contributed by atoms with Gasteiger partial charge in [0.15, 0.2) is 11.5 Å². The predicted octanol–water partition coefficient (Wildman–Crippen LogP) is 4.76. The summed E-state index contributed by atoms with van der Waals surface area (Å²) in [6.45, 7) is 0. The summed E-state index contributed by atoms with van der Waals surface area (Å²) in [6.07, 6.45) is 2.48. The van der Waals surface area contributed by atoms with Crippen LogP contribution in [0.4, 0.5) is 18.9 Å². The molecule has 156 valence electrons. The molecule has 1 N–H and O–H groups in total. The van der Waals surface area contributed by atoms with Crippen LogP contribution in [0.5, 0.6) is 0 Å². The average Bonchev–Trinajstić information content (AvgIpc) is 3.21. The summed E-state index contributed by atoms with van der Waals surface area (Å²) >= 11 is 3.23. The number of aromatic nitrogens is 5. The Bertz CT molecular complexity index is 1230. The molecule has 1 amide bonds. The summed E-state index contributed by atoms with van der Waals surface area (Å²) in [5, 5.41) is 6.68. The number of alkyl halides is 3. The molecule has 0 aliphatic carbocycles. The van der Waals surface area contributed by atoms with Crippen molar-refractivity contribution in [2.75, 3.05) is 5.32 Å². The third kappa shape index (κ3) is 4.61. The Hall–Kier alpha value is -3.60. The maximum atomic E-state index is 13.6. The van der Waals surface area contributed by atoms with Crippen molar-refractivity contribution in [2.45, 2.75) is 6.18 Å². The molecule has 0 aliphatic rings. The van der Waals surface area contributed by atoms with Crippen molar-refractivity contribution in [1.29, 1.82) is 0 Å². The lowest BCUT2D eigenvalue weighted by Gasteiger charge is -2.10. The van der Waals surface area contributed by atoms with Crippen molar-refractivity contribution in [3.05, 3.63) is 83.1 Å². The largest absolute Gasteiger partial charge is 0.433 e. The lowest BCUT2D eigenvalue weighted by atomic mass is 10.2. The number of amides is 1. The second-order valence-corrected chi connectivity index (χ2v) is 7.23. The summed E-state index contributed by atoms with van der Waals surface area (Å²) in [5.74, 6) is -0.484. The minimum atomic E-state index is -4.64. The zero-order chi connectivity index (χ0) is 22.0. The minimum absolute atomic E-state index is 0.0513. The molecule has 4 rings (SSSR count). The molecule has 0 fully saturated rings. The zero-order valence-electron chi connectivity index (χ0n) is 15.5. The molecule has 7 nitrogen and oxygen atoms in total. The highest BCUT2D eigenvalue weighted by Crippen LogP contribution is 2.33. The molecule has 0 radical (unpaired) electrons. The van der Waals surface area contributed by atoms with E-state index in [-0.39, 0.29) is 11.5 Å². The molecule has 0 unspecified atom stereocenters. The van der Waals surface area contributed by atoms with Crippen molar-refractivity contribution in [2.24, 2.45) is 0 Å². The quantitative estimate of drug-likeness (QED) is 0.447. The Morgan fingerprint density at radius 2 is 1.87 bits per heavy atom. The number of rotatable bonds is 4. The molecule has 0 aromatic carbocycles. The van der Waals surface area contributed by atoms with Gasteiger partial charge in [0.05, 0.1) is 23.1 Å². The number of pyridine rings is 3. The van der Waals surface area contributed by atoms with E-state index in [2.05, 4.69) is 41.3 Å². The van der Waals surface area contributed by atoms with Gasteiger partial charge in [0, 0.05) is 34.8 Å². The van der Waals surface area contributed by atoms with E-state index >= 15 is 0 Å². The highest BCUT2D eigenvalue weighted by atomic mass is 79.9. The fourth-order valence-corrected chi connectivity index (χ4v) is 3.10. The lowest BCUT2D eigenvalue weighted by molar-refractivity contribution is -0.142. The Balaban J connectivity index is 1.63. The first-order valence-corrected chi connectivity index (χ1v) is 9.56. The van der Waals surface area contributed by atoms with Crippen molar-refractivity contribution < 1.29 is 18.0 Å². The maximum absolute atomic E-state index is 13.6. The van der Waals surface area contributed by atoms with E-state index < -0.39 is 17.8 Å². The SMILES string of the molecule is O=C(Nc1ccc(-n2nc(-c3cccnc3)cc2C(F)(F)F)nc1)c1cncc(Br)c1. The number of carbonyl (C=O) groups is 1. The molecule has 0 bridgehead atoms. The Kier molecular flexibility index (Phi) is 5.51. The van der Waals surface area contributed by atoms with Crippen LogP contribution in [0.25, 0.3) is 17.1 Å². The van der Waals surface area contributed by atoms with Gasteiger partial charge >= 0.3 is 6.18 Å². The Labute approximate surface area is 182 Å². The third-order valence-electron chi connectivity index (χ3n) is 4.15. The number of nitrogens with one attached hydrogen (secondary N) is 1. The maximum Gasteiger partial charge on any atom is 0.433 e. The lowest BCUT2D eigenvalue weighted by Crippen LogP contribution is -2.15. The van der Waals surface area contributed by atoms with Crippen LogP contribution in [0.1, 0.15) is 16.1 Å². The fourth-order valence-electron chi connectivity index (χ4n) is 2.74. The Morgan fingerprint density at radius 3 is 2.52 bits per heavy atom. The zero-order valence-corrected chi connectivity index (χ0v) is 17.1. The first kappa shape index (κ1) is 20.7. The van der Waals surface area contributed by atoms with Crippen LogP contribution in [0.2, 0.25) is 0 Å². The van der Waals surface area contributed by atoms with Crippen molar-refractivity contribution in [1.82, 2.24) is 24.7 Å². The summed E-state index contributed by atoms with van der Waals surface area (Å²) in [4.78, 5) is 24.2. The Morgan fingerprint density at radius 1 is 1.03 bits per heavy atom. The first-order valence-electron chi connectivity index (χ1n) is 8.77. The number of carbonyl (C=O) groups excluding carboxylic acids is 1. The highest BCUT2D eigenvalue weighted by Gasteiger charge is 2.36. The highest BCUT2D eigenvalue weighted by molar-refractivity contribution is 9.10. The van der Waals surface area contributed by atoms with Crippen LogP contribution < -0.4 is 5.32 Å². The topological polar surface area (TPSA) is 85.6 Å². The number of hydrogen-bond acceptors (Lipinski definition) is 5. The molecule has 0 aliphatic heterocycles. The molecule has 4 aromatic rings. The monoisotopic (exact) mass is 488 g/mol. The molecule has 11 heteroatoms. The summed E-state index contributed by atoms with van der Waals surface area (Å²) in [5.41, 5.74) is 0.198. The molecule has 4 heterocycles. The van der Waals surface area contributed by atoms with Crippen LogP contribution in [-0.4, -0.2) is 30.6 Å². The van der Waals surface area contributed by atoms with Gasteiger partial charge in [-0.3, -0.25) is 14.8 Å². The summed E-state index contributed by atoms with van der Waals surface area (Å²) < 4.78 is 42.0. The van der Waals surface area contributed by atoms with Crippen LogP contribution in [0.15, 0.2) is 71.9 Å². The van der Waals surface area contributed by atoms with Gasteiger partial charge in [-0.15, -0.1) is 0 Å². The van der Waals surface area contributed by atoms with E-state index in [1.54, 1.807) is 18.2 Å². The van der Waals surface area contributed by atoms with Crippen molar-refractivity contribution in [3.8, 4) is 17.1 Å². The standard InChI is InChI=1S/C20H12BrF3N6O/c21-14-6-13(9-26-10-14)19(31)28-15-3-4-18(27-11-15)30-17(20(22,23)24)7-16(29-30)12-2-1-5-25-8-12/h1-11H,(H,28,31). The smallest absolute Gasteiger partial charge is 0.321 e. The second kappa shape index (κ2) is 8.26. The van der Waals surface area contributed by atoms with Gasteiger partial charge in [0.2, 0.25) is 0 Å². The molecule has 0 saturated carbocycles. The van der Waals surface area contributed by atoms with E-state index in [1.807, 2.05) is 0 Å². The molecular weight excluding hydrogens is 477 g/mol. The van der Waals surface area contributed by atoms with Gasteiger partial charge in [-0.2, -0.15) is 18.3 Å². The first-order chi connectivity index (χ1) is 14.8. The van der Waals surface area contributed by atoms with Gasteiger partial charge in [0.1, 0.15) is 0 Å². The van der Waals surface area contributed by atoms with E-state index in [1.165, 1.54) is 43.1 Å². The molecule has 4 aromatic heterocycles. The van der Waals surface area contributed by atoms with Gasteiger partial charge in [-0.1, -0.05) is 0 Å². The number of nitrogens with zero attached hydrogens (tertiary/aromatic N) is 5. The summed E-state index contributed by atoms with van der Waals surface area (Å²) in [6, 6.07) is 8.53. The number of hydrogen-bond donors (Lipinski definition) is 1. The normalized spacial score (nSPS) is 11.4. The second-order valence-electron chi connectivity index (χ2n) is 6.32. The molecule has 0 saturated heterocycles. The van der Waals surface area contributed by atoms with Crippen LogP contribution >= 0.6 is 15.9 Å². The van der Waals surface area contributed by atoms with Gasteiger partial charge in [0.25, 0.3) is 5.91 Å². The number of halogens is 4.